The van der Waals surface area contributed by atoms with Crippen LogP contribution in [0.5, 0.6) is 0 Å². The molecular formula is C14H23N5O2S. The zero-order valence-electron chi connectivity index (χ0n) is 12.8. The minimum absolute atomic E-state index is 0.517. The molecule has 1 aromatic heterocycles. The maximum atomic E-state index is 12.7. The summed E-state index contributed by atoms with van der Waals surface area (Å²) in [5.41, 5.74) is 0. The van der Waals surface area contributed by atoms with E-state index >= 15 is 0 Å². The lowest BCUT2D eigenvalue weighted by Crippen LogP contribution is -2.47. The van der Waals surface area contributed by atoms with E-state index in [2.05, 4.69) is 14.9 Å². The normalized spacial score (nSPS) is 22.5. The van der Waals surface area contributed by atoms with Crippen LogP contribution >= 0.6 is 0 Å². The van der Waals surface area contributed by atoms with Crippen molar-refractivity contribution in [3.8, 4) is 0 Å². The van der Waals surface area contributed by atoms with Crippen molar-refractivity contribution in [2.75, 3.05) is 44.2 Å². The second-order valence-corrected chi connectivity index (χ2v) is 7.70. The molecule has 0 aliphatic carbocycles. The number of rotatable bonds is 3. The molecule has 8 heteroatoms. The molecule has 122 valence electrons. The smallest absolute Gasteiger partial charge is 0.282 e. The third-order valence-electron chi connectivity index (χ3n) is 4.31. The van der Waals surface area contributed by atoms with Crippen LogP contribution in [0.1, 0.15) is 25.7 Å². The van der Waals surface area contributed by atoms with Gasteiger partial charge in [-0.25, -0.2) is 9.97 Å². The molecule has 2 saturated heterocycles. The fourth-order valence-corrected chi connectivity index (χ4v) is 4.80. The van der Waals surface area contributed by atoms with Gasteiger partial charge in [0.1, 0.15) is 12.1 Å². The monoisotopic (exact) mass is 325 g/mol. The van der Waals surface area contributed by atoms with E-state index in [0.717, 1.165) is 38.0 Å². The Balaban J connectivity index is 1.67. The van der Waals surface area contributed by atoms with Crippen LogP contribution in [0, 0.1) is 0 Å². The Bertz CT molecular complexity index is 574. The van der Waals surface area contributed by atoms with Gasteiger partial charge in [-0.15, -0.1) is 0 Å². The molecule has 0 aromatic carbocycles. The second kappa shape index (κ2) is 6.89. The first-order valence-electron chi connectivity index (χ1n) is 7.94. The lowest BCUT2D eigenvalue weighted by molar-refractivity contribution is 0.307. The van der Waals surface area contributed by atoms with Gasteiger partial charge in [0.15, 0.2) is 0 Å². The first kappa shape index (κ1) is 15.6. The zero-order valence-corrected chi connectivity index (χ0v) is 13.6. The van der Waals surface area contributed by atoms with Gasteiger partial charge < -0.3 is 4.90 Å². The summed E-state index contributed by atoms with van der Waals surface area (Å²) >= 11 is 0. The molecule has 3 heterocycles. The molecule has 22 heavy (non-hydrogen) atoms. The number of hydrogen-bond donors (Lipinski definition) is 0. The van der Waals surface area contributed by atoms with E-state index in [1.807, 2.05) is 6.07 Å². The third-order valence-corrected chi connectivity index (χ3v) is 6.35. The van der Waals surface area contributed by atoms with E-state index in [9.17, 15) is 8.42 Å². The standard InChI is InChI=1S/C14H23N5O2S/c20-22(21,18-8-2-1-3-9-18)19-10-4-7-17(11-12-19)14-5-6-15-13-16-14/h5-6,13H,1-4,7-12H2. The first-order valence-corrected chi connectivity index (χ1v) is 9.34. The van der Waals surface area contributed by atoms with Crippen LogP contribution in [0.2, 0.25) is 0 Å². The average molecular weight is 325 g/mol. The van der Waals surface area contributed by atoms with Crippen LogP contribution in [0.4, 0.5) is 5.82 Å². The van der Waals surface area contributed by atoms with E-state index in [0.29, 0.717) is 32.7 Å². The average Bonchev–Trinajstić information content (AvgIpc) is 2.83. The van der Waals surface area contributed by atoms with E-state index in [1.54, 1.807) is 14.8 Å². The van der Waals surface area contributed by atoms with E-state index in [-0.39, 0.29) is 0 Å². The molecule has 0 saturated carbocycles. The molecule has 0 unspecified atom stereocenters. The van der Waals surface area contributed by atoms with Gasteiger partial charge in [0.05, 0.1) is 0 Å². The summed E-state index contributed by atoms with van der Waals surface area (Å²) in [4.78, 5) is 10.3. The largest absolute Gasteiger partial charge is 0.355 e. The molecule has 0 atom stereocenters. The van der Waals surface area contributed by atoms with Gasteiger partial charge in [0.25, 0.3) is 10.2 Å². The van der Waals surface area contributed by atoms with Crippen LogP contribution in [-0.2, 0) is 10.2 Å². The van der Waals surface area contributed by atoms with Crippen molar-refractivity contribution in [2.45, 2.75) is 25.7 Å². The van der Waals surface area contributed by atoms with Crippen molar-refractivity contribution < 1.29 is 8.42 Å². The molecule has 0 amide bonds. The molecule has 7 nitrogen and oxygen atoms in total. The Labute approximate surface area is 132 Å². The third kappa shape index (κ3) is 3.39. The second-order valence-electron chi connectivity index (χ2n) is 5.77. The molecule has 1 aromatic rings. The molecule has 0 bridgehead atoms. The van der Waals surface area contributed by atoms with Gasteiger partial charge >= 0.3 is 0 Å². The minimum Gasteiger partial charge on any atom is -0.355 e. The van der Waals surface area contributed by atoms with Gasteiger partial charge in [-0.1, -0.05) is 6.42 Å². The molecule has 0 N–H and O–H groups in total. The first-order chi connectivity index (χ1) is 10.7. The Morgan fingerprint density at radius 1 is 0.864 bits per heavy atom. The highest BCUT2D eigenvalue weighted by Crippen LogP contribution is 2.19. The van der Waals surface area contributed by atoms with Crippen molar-refractivity contribution in [1.29, 1.82) is 0 Å². The van der Waals surface area contributed by atoms with Crippen LogP contribution < -0.4 is 4.90 Å². The summed E-state index contributed by atoms with van der Waals surface area (Å²) in [6.07, 6.45) is 7.14. The van der Waals surface area contributed by atoms with Crippen molar-refractivity contribution in [2.24, 2.45) is 0 Å². The van der Waals surface area contributed by atoms with E-state index in [4.69, 9.17) is 0 Å². The Morgan fingerprint density at radius 2 is 1.59 bits per heavy atom. The molecule has 2 aliphatic rings. The lowest BCUT2D eigenvalue weighted by atomic mass is 10.2. The summed E-state index contributed by atoms with van der Waals surface area (Å²) in [5.74, 6) is 0.868. The summed E-state index contributed by atoms with van der Waals surface area (Å²) in [6, 6.07) is 1.87. The quantitative estimate of drug-likeness (QED) is 0.819. The molecule has 0 spiro atoms. The lowest BCUT2D eigenvalue weighted by Gasteiger charge is -2.31. The molecule has 3 rings (SSSR count). The number of nitrogens with zero attached hydrogens (tertiary/aromatic N) is 5. The van der Waals surface area contributed by atoms with Crippen LogP contribution in [0.25, 0.3) is 0 Å². The van der Waals surface area contributed by atoms with Crippen molar-refractivity contribution in [1.82, 2.24) is 18.6 Å². The summed E-state index contributed by atoms with van der Waals surface area (Å²) in [5, 5.41) is 0. The maximum Gasteiger partial charge on any atom is 0.282 e. The highest BCUT2D eigenvalue weighted by Gasteiger charge is 2.31. The van der Waals surface area contributed by atoms with Gasteiger partial charge in [0.2, 0.25) is 0 Å². The minimum atomic E-state index is -3.31. The van der Waals surface area contributed by atoms with Gasteiger partial charge in [-0.3, -0.25) is 0 Å². The zero-order chi connectivity index (χ0) is 15.4. The molecule has 2 aliphatic heterocycles. The Hall–Kier alpha value is -1.25. The number of hydrogen-bond acceptors (Lipinski definition) is 5. The summed E-state index contributed by atoms with van der Waals surface area (Å²) in [7, 11) is -3.31. The van der Waals surface area contributed by atoms with Crippen molar-refractivity contribution >= 4 is 16.0 Å². The predicted octanol–water partition coefficient (Wildman–Crippen LogP) is 0.719. The molecular weight excluding hydrogens is 302 g/mol. The SMILES string of the molecule is O=S(=O)(N1CCCCC1)N1CCCN(c2ccncn2)CC1. The Kier molecular flexibility index (Phi) is 4.90. The topological polar surface area (TPSA) is 69.6 Å². The molecule has 0 radical (unpaired) electrons. The van der Waals surface area contributed by atoms with Gasteiger partial charge in [-0.2, -0.15) is 17.0 Å². The fraction of sp³-hybridized carbons (Fsp3) is 0.714. The number of aromatic nitrogens is 2. The van der Waals surface area contributed by atoms with Crippen molar-refractivity contribution in [3.63, 3.8) is 0 Å². The number of anilines is 1. The Morgan fingerprint density at radius 3 is 2.32 bits per heavy atom. The van der Waals surface area contributed by atoms with E-state index < -0.39 is 10.2 Å². The van der Waals surface area contributed by atoms with Crippen molar-refractivity contribution in [3.05, 3.63) is 18.6 Å². The van der Waals surface area contributed by atoms with Gasteiger partial charge in [0, 0.05) is 45.5 Å². The summed E-state index contributed by atoms with van der Waals surface area (Å²) < 4.78 is 28.8. The predicted molar refractivity (Wildman–Crippen MR) is 84.8 cm³/mol. The maximum absolute atomic E-state index is 12.7. The fourth-order valence-electron chi connectivity index (χ4n) is 3.08. The van der Waals surface area contributed by atoms with Crippen LogP contribution in [0.15, 0.2) is 18.6 Å². The van der Waals surface area contributed by atoms with Crippen LogP contribution in [0.3, 0.4) is 0 Å². The highest BCUT2D eigenvalue weighted by molar-refractivity contribution is 7.86. The van der Waals surface area contributed by atoms with E-state index in [1.165, 1.54) is 6.33 Å². The van der Waals surface area contributed by atoms with Crippen LogP contribution in [-0.4, -0.2) is 66.3 Å². The number of piperidine rings is 1. The highest BCUT2D eigenvalue weighted by atomic mass is 32.2. The molecule has 2 fully saturated rings. The summed E-state index contributed by atoms with van der Waals surface area (Å²) in [6.45, 7) is 3.92. The van der Waals surface area contributed by atoms with Gasteiger partial charge in [-0.05, 0) is 25.3 Å².